The number of pyridine rings is 1. The van der Waals surface area contributed by atoms with Gasteiger partial charge in [0.05, 0.1) is 5.02 Å². The summed E-state index contributed by atoms with van der Waals surface area (Å²) < 4.78 is 2.09. The molecule has 2 heterocycles. The lowest BCUT2D eigenvalue weighted by atomic mass is 10.3. The molecule has 0 amide bonds. The van der Waals surface area contributed by atoms with Crippen molar-refractivity contribution < 1.29 is 9.90 Å². The molecule has 0 unspecified atom stereocenters. The second-order valence-corrected chi connectivity index (χ2v) is 4.49. The average molecular weight is 261 g/mol. The molecule has 1 aromatic heterocycles. The number of anilines is 1. The van der Waals surface area contributed by atoms with Gasteiger partial charge in [-0.3, -0.25) is 4.79 Å². The number of nitrogens with zero attached hydrogens (tertiary/aromatic N) is 2. The van der Waals surface area contributed by atoms with Crippen molar-refractivity contribution in [2.24, 2.45) is 0 Å². The highest BCUT2D eigenvalue weighted by Crippen LogP contribution is 2.28. The maximum absolute atomic E-state index is 10.7. The van der Waals surface area contributed by atoms with Crippen molar-refractivity contribution in [3.05, 3.63) is 22.8 Å². The van der Waals surface area contributed by atoms with E-state index < -0.39 is 0 Å². The van der Waals surface area contributed by atoms with Crippen LogP contribution >= 0.6 is 23.5 Å². The topological polar surface area (TPSA) is 53.4 Å². The van der Waals surface area contributed by atoms with Gasteiger partial charge in [0.25, 0.3) is 0 Å². The zero-order chi connectivity index (χ0) is 12.0. The average Bonchev–Trinajstić information content (AvgIpc) is 2.86. The predicted molar refractivity (Wildman–Crippen MR) is 67.2 cm³/mol. The molecule has 1 aliphatic heterocycles. The van der Waals surface area contributed by atoms with E-state index >= 15 is 0 Å². The number of hydrogen-bond donors (Lipinski definition) is 1. The lowest BCUT2D eigenvalue weighted by Crippen LogP contribution is -2.10. The molecular weight excluding hydrogens is 248 g/mol. The maximum Gasteiger partial charge on any atom is 0.151 e. The molecule has 0 radical (unpaired) electrons. The van der Waals surface area contributed by atoms with E-state index in [0.717, 1.165) is 37.9 Å². The highest BCUT2D eigenvalue weighted by atomic mass is 35.5. The Balaban J connectivity index is 0.000000606. The summed E-state index contributed by atoms with van der Waals surface area (Å²) in [5.74, 6) is 1.93. The fraction of sp³-hybridized carbons (Fsp3) is 0.400. The lowest BCUT2D eigenvalue weighted by Gasteiger charge is -2.14. The Morgan fingerprint density at radius 3 is 2.94 bits per heavy atom. The number of carbonyl (C=O) groups is 1. The molecule has 0 atom stereocenters. The number of aldehydes is 1. The van der Waals surface area contributed by atoms with Gasteiger partial charge in [-0.2, -0.15) is 0 Å². The van der Waals surface area contributed by atoms with Gasteiger partial charge in [-0.1, -0.05) is 11.6 Å². The fourth-order valence-corrected chi connectivity index (χ4v) is 2.41. The van der Waals surface area contributed by atoms with Gasteiger partial charge in [0.2, 0.25) is 0 Å². The monoisotopic (exact) mass is 260 g/mol. The van der Waals surface area contributed by atoms with Crippen LogP contribution in [0.5, 0.6) is 0 Å². The summed E-state index contributed by atoms with van der Waals surface area (Å²) in [6.45, 7) is 0.984. The van der Waals surface area contributed by atoms with E-state index in [-0.39, 0.29) is 0 Å². The first-order chi connectivity index (χ1) is 7.81. The van der Waals surface area contributed by atoms with Crippen molar-refractivity contribution in [3.8, 4) is 0 Å². The van der Waals surface area contributed by atoms with Crippen LogP contribution in [-0.4, -0.2) is 35.8 Å². The van der Waals surface area contributed by atoms with Gasteiger partial charge in [0.1, 0.15) is 5.82 Å². The van der Waals surface area contributed by atoms with Crippen LogP contribution in [0.15, 0.2) is 12.3 Å². The molecule has 0 saturated carbocycles. The predicted octanol–water partition coefficient (Wildman–Crippen LogP) is 2.01. The molecule has 88 valence electrons. The van der Waals surface area contributed by atoms with E-state index in [9.17, 15) is 4.79 Å². The molecule has 6 heteroatoms. The summed E-state index contributed by atoms with van der Waals surface area (Å²) in [5, 5.41) is 7.41. The molecule has 0 aromatic carbocycles. The Bertz CT molecular complexity index is 357. The first kappa shape index (κ1) is 13.3. The SMILES string of the molecule is CO.O=Cc1cc(N2CCCS2)ncc1Cl. The first-order valence-electron chi connectivity index (χ1n) is 4.77. The van der Waals surface area contributed by atoms with Crippen LogP contribution in [0, 0.1) is 0 Å². The summed E-state index contributed by atoms with van der Waals surface area (Å²) in [5.41, 5.74) is 0.504. The molecular formula is C10H13ClN2O2S. The summed E-state index contributed by atoms with van der Waals surface area (Å²) in [7, 11) is 1.00. The minimum absolute atomic E-state index is 0.410. The quantitative estimate of drug-likeness (QED) is 0.651. The zero-order valence-corrected chi connectivity index (χ0v) is 10.5. The van der Waals surface area contributed by atoms with Crippen LogP contribution in [0.2, 0.25) is 5.02 Å². The molecule has 1 aliphatic rings. The highest BCUT2D eigenvalue weighted by Gasteiger charge is 2.15. The van der Waals surface area contributed by atoms with Gasteiger partial charge in [-0.15, -0.1) is 0 Å². The van der Waals surface area contributed by atoms with E-state index in [2.05, 4.69) is 9.29 Å². The van der Waals surface area contributed by atoms with Crippen molar-refractivity contribution in [1.29, 1.82) is 0 Å². The van der Waals surface area contributed by atoms with Crippen molar-refractivity contribution in [2.75, 3.05) is 23.7 Å². The van der Waals surface area contributed by atoms with Crippen LogP contribution in [-0.2, 0) is 0 Å². The minimum atomic E-state index is 0.410. The van der Waals surface area contributed by atoms with Crippen molar-refractivity contribution in [2.45, 2.75) is 6.42 Å². The Morgan fingerprint density at radius 1 is 1.62 bits per heavy atom. The van der Waals surface area contributed by atoms with Gasteiger partial charge in [-0.25, -0.2) is 4.98 Å². The van der Waals surface area contributed by atoms with Gasteiger partial charge < -0.3 is 9.41 Å². The molecule has 4 nitrogen and oxygen atoms in total. The Labute approximate surface area is 104 Å². The Hall–Kier alpha value is -0.780. The molecule has 0 aliphatic carbocycles. The molecule has 1 fully saturated rings. The Morgan fingerprint density at radius 2 is 2.38 bits per heavy atom. The summed E-state index contributed by atoms with van der Waals surface area (Å²) in [4.78, 5) is 14.8. The van der Waals surface area contributed by atoms with Crippen molar-refractivity contribution in [1.82, 2.24) is 4.98 Å². The largest absolute Gasteiger partial charge is 0.400 e. The van der Waals surface area contributed by atoms with Gasteiger partial charge in [-0.05, 0) is 24.4 Å². The summed E-state index contributed by atoms with van der Waals surface area (Å²) >= 11 is 7.52. The normalized spacial score (nSPS) is 14.3. The van der Waals surface area contributed by atoms with Crippen LogP contribution < -0.4 is 4.31 Å². The number of aliphatic hydroxyl groups is 1. The van der Waals surface area contributed by atoms with Gasteiger partial charge in [0.15, 0.2) is 6.29 Å². The van der Waals surface area contributed by atoms with Gasteiger partial charge in [0, 0.05) is 31.2 Å². The highest BCUT2D eigenvalue weighted by molar-refractivity contribution is 8.00. The van der Waals surface area contributed by atoms with Crippen LogP contribution in [0.3, 0.4) is 0 Å². The van der Waals surface area contributed by atoms with Crippen molar-refractivity contribution >= 4 is 35.7 Å². The zero-order valence-electron chi connectivity index (χ0n) is 8.89. The molecule has 1 aromatic rings. The van der Waals surface area contributed by atoms with Crippen molar-refractivity contribution in [3.63, 3.8) is 0 Å². The number of hydrogen-bond acceptors (Lipinski definition) is 5. The summed E-state index contributed by atoms with van der Waals surface area (Å²) in [6.07, 6.45) is 3.44. The Kier molecular flexibility index (Phi) is 5.59. The number of halogens is 1. The molecule has 2 rings (SSSR count). The third-order valence-electron chi connectivity index (χ3n) is 2.01. The van der Waals surface area contributed by atoms with E-state index in [1.54, 1.807) is 18.0 Å². The van der Waals surface area contributed by atoms with E-state index in [0.29, 0.717) is 10.6 Å². The third-order valence-corrected chi connectivity index (χ3v) is 3.47. The number of aromatic nitrogens is 1. The fourth-order valence-electron chi connectivity index (χ4n) is 1.30. The van der Waals surface area contributed by atoms with Crippen LogP contribution in [0.1, 0.15) is 16.8 Å². The number of carbonyl (C=O) groups excluding carboxylic acids is 1. The number of aliphatic hydroxyl groups excluding tert-OH is 1. The molecule has 1 saturated heterocycles. The standard InChI is InChI=1S/C9H9ClN2OS.CH4O/c10-8-5-11-9(4-7(8)6-13)12-2-1-3-14-12;1-2/h4-6H,1-3H2;2H,1H3. The molecule has 0 bridgehead atoms. The molecule has 0 spiro atoms. The first-order valence-corrected chi connectivity index (χ1v) is 6.09. The smallest absolute Gasteiger partial charge is 0.151 e. The molecule has 16 heavy (non-hydrogen) atoms. The maximum atomic E-state index is 10.7. The van der Waals surface area contributed by atoms with E-state index in [1.165, 1.54) is 6.20 Å². The van der Waals surface area contributed by atoms with E-state index in [4.69, 9.17) is 16.7 Å². The minimum Gasteiger partial charge on any atom is -0.400 e. The van der Waals surface area contributed by atoms with Crippen LogP contribution in [0.25, 0.3) is 0 Å². The van der Waals surface area contributed by atoms with Crippen LogP contribution in [0.4, 0.5) is 5.82 Å². The third kappa shape index (κ3) is 3.10. The lowest BCUT2D eigenvalue weighted by molar-refractivity contribution is 0.112. The molecule has 1 N–H and O–H groups in total. The summed E-state index contributed by atoms with van der Waals surface area (Å²) in [6, 6.07) is 1.73. The number of rotatable bonds is 2. The second kappa shape index (κ2) is 6.73. The van der Waals surface area contributed by atoms with Gasteiger partial charge >= 0.3 is 0 Å². The van der Waals surface area contributed by atoms with E-state index in [1.807, 2.05) is 0 Å². The second-order valence-electron chi connectivity index (χ2n) is 2.97.